The fourth-order valence-electron chi connectivity index (χ4n) is 3.32. The second-order valence-electron chi connectivity index (χ2n) is 6.14. The number of imide groups is 1. The van der Waals surface area contributed by atoms with E-state index in [1.165, 1.54) is 9.80 Å². The zero-order valence-corrected chi connectivity index (χ0v) is 13.7. The number of halogens is 1. The van der Waals surface area contributed by atoms with Crippen molar-refractivity contribution in [1.29, 1.82) is 0 Å². The molecule has 0 saturated carbocycles. The van der Waals surface area contributed by atoms with Crippen LogP contribution in [-0.4, -0.2) is 30.9 Å². The second-order valence-corrected chi connectivity index (χ2v) is 7.06. The van der Waals surface area contributed by atoms with Gasteiger partial charge < -0.3 is 4.90 Å². The van der Waals surface area contributed by atoms with E-state index in [4.69, 9.17) is 0 Å². The predicted molar refractivity (Wildman–Crippen MR) is 84.1 cm³/mol. The first-order chi connectivity index (χ1) is 10.1. The Labute approximate surface area is 133 Å². The fraction of sp³-hybridized carbons (Fsp3) is 0.500. The summed E-state index contributed by atoms with van der Waals surface area (Å²) in [4.78, 5) is 27.6. The van der Waals surface area contributed by atoms with Gasteiger partial charge >= 0.3 is 0 Å². The van der Waals surface area contributed by atoms with Crippen molar-refractivity contribution in [3.63, 3.8) is 0 Å². The van der Waals surface area contributed by atoms with Gasteiger partial charge in [-0.25, -0.2) is 4.90 Å². The van der Waals surface area contributed by atoms with Gasteiger partial charge in [0.2, 0.25) is 5.91 Å². The minimum absolute atomic E-state index is 0.0392. The normalized spacial score (nSPS) is 30.0. The molecule has 0 aromatic heterocycles. The van der Waals surface area contributed by atoms with Gasteiger partial charge in [-0.2, -0.15) is 0 Å². The lowest BCUT2D eigenvalue weighted by Gasteiger charge is -2.30. The Hall–Kier alpha value is -1.20. The van der Waals surface area contributed by atoms with Crippen LogP contribution >= 0.6 is 15.9 Å². The van der Waals surface area contributed by atoms with Crippen LogP contribution in [0.25, 0.3) is 0 Å². The third-order valence-electron chi connectivity index (χ3n) is 4.62. The number of carbonyl (C=O) groups excluding carboxylic acids is 2. The predicted octanol–water partition coefficient (Wildman–Crippen LogP) is 1.40. The molecule has 0 radical (unpaired) electrons. The van der Waals surface area contributed by atoms with Crippen molar-refractivity contribution in [3.8, 4) is 0 Å². The highest BCUT2D eigenvalue weighted by molar-refractivity contribution is 9.10. The van der Waals surface area contributed by atoms with E-state index in [-0.39, 0.29) is 17.9 Å². The number of anilines is 1. The standard InChI is InChI=1S/C16H19BrN2O2/c1-11-5-7-18(8-6-11)14-10-15(20)19(16(14)21)13-4-2-3-12(17)9-13/h2-4,9,11,14H,5-8,10H2,1H3/p+1. The molecule has 112 valence electrons. The molecule has 21 heavy (non-hydrogen) atoms. The summed E-state index contributed by atoms with van der Waals surface area (Å²) in [5, 5.41) is 0. The smallest absolute Gasteiger partial charge is 0.292 e. The second kappa shape index (κ2) is 5.89. The van der Waals surface area contributed by atoms with Crippen LogP contribution < -0.4 is 9.80 Å². The Morgan fingerprint density at radius 3 is 2.62 bits per heavy atom. The fourth-order valence-corrected chi connectivity index (χ4v) is 3.71. The third kappa shape index (κ3) is 2.90. The number of benzene rings is 1. The van der Waals surface area contributed by atoms with Crippen molar-refractivity contribution in [1.82, 2.24) is 0 Å². The SMILES string of the molecule is CC1CC[NH+](C2CC(=O)N(c3cccc(Br)c3)C2=O)CC1. The molecule has 0 spiro atoms. The van der Waals surface area contributed by atoms with Crippen LogP contribution in [0.1, 0.15) is 26.2 Å². The van der Waals surface area contributed by atoms with E-state index in [1.54, 1.807) is 0 Å². The van der Waals surface area contributed by atoms with Gasteiger partial charge in [-0.1, -0.05) is 28.9 Å². The van der Waals surface area contributed by atoms with Gasteiger partial charge in [0, 0.05) is 4.47 Å². The number of hydrogen-bond acceptors (Lipinski definition) is 2. The highest BCUT2D eigenvalue weighted by Crippen LogP contribution is 2.25. The van der Waals surface area contributed by atoms with E-state index in [9.17, 15) is 9.59 Å². The van der Waals surface area contributed by atoms with E-state index in [1.807, 2.05) is 24.3 Å². The minimum atomic E-state index is -0.191. The number of carbonyl (C=O) groups is 2. The minimum Gasteiger partial charge on any atom is -0.324 e. The van der Waals surface area contributed by atoms with Crippen LogP contribution in [0.4, 0.5) is 5.69 Å². The first kappa shape index (κ1) is 14.7. The first-order valence-corrected chi connectivity index (χ1v) is 8.32. The highest BCUT2D eigenvalue weighted by Gasteiger charge is 2.46. The van der Waals surface area contributed by atoms with Crippen molar-refractivity contribution in [2.45, 2.75) is 32.2 Å². The molecular weight excluding hydrogens is 332 g/mol. The number of likely N-dealkylation sites (tertiary alicyclic amines) is 1. The van der Waals surface area contributed by atoms with Gasteiger partial charge in [0.1, 0.15) is 0 Å². The van der Waals surface area contributed by atoms with Gasteiger partial charge in [0.05, 0.1) is 25.2 Å². The summed E-state index contributed by atoms with van der Waals surface area (Å²) in [6.07, 6.45) is 2.63. The van der Waals surface area contributed by atoms with Crippen LogP contribution in [0.15, 0.2) is 28.7 Å². The maximum absolute atomic E-state index is 12.7. The molecule has 1 N–H and O–H groups in total. The topological polar surface area (TPSA) is 41.8 Å². The Morgan fingerprint density at radius 2 is 1.95 bits per heavy atom. The maximum atomic E-state index is 12.7. The summed E-state index contributed by atoms with van der Waals surface area (Å²) in [7, 11) is 0. The summed E-state index contributed by atoms with van der Waals surface area (Å²) >= 11 is 3.39. The summed E-state index contributed by atoms with van der Waals surface area (Å²) in [6, 6.07) is 7.19. The number of quaternary nitrogens is 1. The Balaban J connectivity index is 1.79. The van der Waals surface area contributed by atoms with Crippen LogP contribution in [0.3, 0.4) is 0 Å². The molecule has 5 heteroatoms. The Morgan fingerprint density at radius 1 is 1.24 bits per heavy atom. The number of rotatable bonds is 2. The average Bonchev–Trinajstić information content (AvgIpc) is 2.75. The number of nitrogens with zero attached hydrogens (tertiary/aromatic N) is 1. The highest BCUT2D eigenvalue weighted by atomic mass is 79.9. The van der Waals surface area contributed by atoms with Gasteiger partial charge in [0.15, 0.2) is 6.04 Å². The van der Waals surface area contributed by atoms with Crippen molar-refractivity contribution >= 4 is 33.4 Å². The van der Waals surface area contributed by atoms with Gasteiger partial charge in [-0.15, -0.1) is 0 Å². The summed E-state index contributed by atoms with van der Waals surface area (Å²) < 4.78 is 0.878. The van der Waals surface area contributed by atoms with Crippen molar-refractivity contribution in [2.75, 3.05) is 18.0 Å². The Kier molecular flexibility index (Phi) is 4.13. The molecule has 0 bridgehead atoms. The average molecular weight is 352 g/mol. The van der Waals surface area contributed by atoms with E-state index in [2.05, 4.69) is 22.9 Å². The van der Waals surface area contributed by atoms with E-state index in [0.29, 0.717) is 12.1 Å². The van der Waals surface area contributed by atoms with Gasteiger partial charge in [-0.05, 0) is 37.0 Å². The van der Waals surface area contributed by atoms with E-state index < -0.39 is 0 Å². The quantitative estimate of drug-likeness (QED) is 0.818. The van der Waals surface area contributed by atoms with Crippen LogP contribution in [-0.2, 0) is 9.59 Å². The molecule has 1 atom stereocenters. The van der Waals surface area contributed by atoms with Crippen molar-refractivity contribution < 1.29 is 14.5 Å². The molecular formula is C16H20BrN2O2+. The zero-order chi connectivity index (χ0) is 15.0. The molecule has 2 fully saturated rings. The lowest BCUT2D eigenvalue weighted by molar-refractivity contribution is -0.920. The van der Waals surface area contributed by atoms with Gasteiger partial charge in [0.25, 0.3) is 5.91 Å². The molecule has 1 unspecified atom stereocenters. The lowest BCUT2D eigenvalue weighted by atomic mass is 9.97. The Bertz CT molecular complexity index is 567. The number of piperidine rings is 1. The molecule has 2 heterocycles. The van der Waals surface area contributed by atoms with E-state index >= 15 is 0 Å². The molecule has 1 aromatic rings. The lowest BCUT2D eigenvalue weighted by Crippen LogP contribution is -3.17. The molecule has 4 nitrogen and oxygen atoms in total. The largest absolute Gasteiger partial charge is 0.324 e. The summed E-state index contributed by atoms with van der Waals surface area (Å²) in [5.74, 6) is 0.624. The molecule has 2 saturated heterocycles. The van der Waals surface area contributed by atoms with Crippen molar-refractivity contribution in [3.05, 3.63) is 28.7 Å². The van der Waals surface area contributed by atoms with Crippen LogP contribution in [0.5, 0.6) is 0 Å². The van der Waals surface area contributed by atoms with Crippen LogP contribution in [0.2, 0.25) is 0 Å². The molecule has 2 amide bonds. The number of hydrogen-bond donors (Lipinski definition) is 1. The third-order valence-corrected chi connectivity index (χ3v) is 5.12. The van der Waals surface area contributed by atoms with Crippen molar-refractivity contribution in [2.24, 2.45) is 5.92 Å². The molecule has 1 aromatic carbocycles. The monoisotopic (exact) mass is 351 g/mol. The summed E-state index contributed by atoms with van der Waals surface area (Å²) in [5.41, 5.74) is 0.673. The molecule has 0 aliphatic carbocycles. The van der Waals surface area contributed by atoms with E-state index in [0.717, 1.165) is 36.3 Å². The zero-order valence-electron chi connectivity index (χ0n) is 12.1. The summed E-state index contributed by atoms with van der Waals surface area (Å²) in [6.45, 7) is 4.25. The number of nitrogens with one attached hydrogen (secondary N) is 1. The van der Waals surface area contributed by atoms with Gasteiger partial charge in [-0.3, -0.25) is 9.59 Å². The number of amides is 2. The maximum Gasteiger partial charge on any atom is 0.292 e. The van der Waals surface area contributed by atoms with Crippen LogP contribution in [0, 0.1) is 5.92 Å². The molecule has 2 aliphatic heterocycles. The molecule has 2 aliphatic rings. The first-order valence-electron chi connectivity index (χ1n) is 7.53. The molecule has 3 rings (SSSR count).